The summed E-state index contributed by atoms with van der Waals surface area (Å²) in [6, 6.07) is 15.5. The summed E-state index contributed by atoms with van der Waals surface area (Å²) >= 11 is 13.4. The van der Waals surface area contributed by atoms with Gasteiger partial charge in [-0.25, -0.2) is 9.59 Å². The molecule has 0 heterocycles. The maximum Gasteiger partial charge on any atom is 0.336 e. The molecule has 3 aromatic carbocycles. The number of carbonyl (C=O) groups is 2. The molecule has 0 aliphatic heterocycles. The van der Waals surface area contributed by atoms with E-state index in [-0.39, 0.29) is 16.7 Å². The van der Waals surface area contributed by atoms with Crippen LogP contribution in [-0.4, -0.2) is 22.2 Å². The summed E-state index contributed by atoms with van der Waals surface area (Å²) in [4.78, 5) is 24.9. The summed E-state index contributed by atoms with van der Waals surface area (Å²) in [7, 11) is 0. The fourth-order valence-electron chi connectivity index (χ4n) is 2.93. The molecule has 0 aliphatic rings. The molecule has 0 spiro atoms. The third-order valence-electron chi connectivity index (χ3n) is 4.12. The lowest BCUT2D eigenvalue weighted by molar-refractivity contribution is 0.0696. The number of halogens is 2. The molecule has 0 aromatic heterocycles. The lowest BCUT2D eigenvalue weighted by Crippen LogP contribution is -2.10. The van der Waals surface area contributed by atoms with Crippen molar-refractivity contribution in [1.82, 2.24) is 0 Å². The summed E-state index contributed by atoms with van der Waals surface area (Å²) < 4.78 is 0. The Morgan fingerprint density at radius 2 is 1.50 bits per heavy atom. The van der Waals surface area contributed by atoms with Crippen molar-refractivity contribution in [3.8, 4) is 11.1 Å². The van der Waals surface area contributed by atoms with E-state index in [1.807, 2.05) is 6.07 Å². The second-order valence-corrected chi connectivity index (χ2v) is 7.97. The Labute approximate surface area is 175 Å². The average molecular weight is 433 g/mol. The fourth-order valence-corrected chi connectivity index (χ4v) is 4.71. The highest BCUT2D eigenvalue weighted by Crippen LogP contribution is 2.42. The van der Waals surface area contributed by atoms with Gasteiger partial charge in [-0.3, -0.25) is 0 Å². The first-order chi connectivity index (χ1) is 13.3. The van der Waals surface area contributed by atoms with Gasteiger partial charge in [0.25, 0.3) is 0 Å². The van der Waals surface area contributed by atoms with Crippen LogP contribution in [0.15, 0.2) is 64.4 Å². The van der Waals surface area contributed by atoms with Gasteiger partial charge in [0.15, 0.2) is 0 Å². The van der Waals surface area contributed by atoms with E-state index in [0.717, 1.165) is 0 Å². The maximum atomic E-state index is 12.1. The molecule has 4 nitrogen and oxygen atoms in total. The third kappa shape index (κ3) is 4.17. The van der Waals surface area contributed by atoms with Crippen molar-refractivity contribution in [2.24, 2.45) is 0 Å². The van der Waals surface area contributed by atoms with Gasteiger partial charge in [-0.15, -0.1) is 0 Å². The Kier molecular flexibility index (Phi) is 5.98. The lowest BCUT2D eigenvalue weighted by Gasteiger charge is -2.17. The molecule has 0 saturated heterocycles. The van der Waals surface area contributed by atoms with Gasteiger partial charge >= 0.3 is 11.9 Å². The molecule has 7 heteroatoms. The van der Waals surface area contributed by atoms with Gasteiger partial charge in [-0.1, -0.05) is 65.3 Å². The highest BCUT2D eigenvalue weighted by Gasteiger charge is 2.24. The van der Waals surface area contributed by atoms with Gasteiger partial charge in [0.1, 0.15) is 0 Å². The Bertz CT molecular complexity index is 1060. The second kappa shape index (κ2) is 8.27. The molecule has 0 amide bonds. The molecular formula is C21H14Cl2O4S. The molecule has 3 rings (SSSR count). The van der Waals surface area contributed by atoms with Crippen LogP contribution in [0.25, 0.3) is 11.1 Å². The summed E-state index contributed by atoms with van der Waals surface area (Å²) in [5.74, 6) is -2.38. The van der Waals surface area contributed by atoms with Crippen molar-refractivity contribution in [2.45, 2.75) is 16.7 Å². The van der Waals surface area contributed by atoms with E-state index in [1.165, 1.54) is 24.8 Å². The number of hydrogen-bond acceptors (Lipinski definition) is 3. The lowest BCUT2D eigenvalue weighted by atomic mass is 9.92. The molecule has 28 heavy (non-hydrogen) atoms. The van der Waals surface area contributed by atoms with Crippen LogP contribution in [0, 0.1) is 6.92 Å². The van der Waals surface area contributed by atoms with Crippen molar-refractivity contribution in [2.75, 3.05) is 0 Å². The number of aromatic carboxylic acids is 2. The van der Waals surface area contributed by atoms with Gasteiger partial charge in [-0.05, 0) is 42.3 Å². The zero-order valence-electron chi connectivity index (χ0n) is 14.6. The van der Waals surface area contributed by atoms with E-state index >= 15 is 0 Å². The molecule has 0 radical (unpaired) electrons. The fraction of sp³-hybridized carbons (Fsp3) is 0.0476. The maximum absolute atomic E-state index is 12.1. The molecule has 2 N–H and O–H groups in total. The van der Waals surface area contributed by atoms with Crippen molar-refractivity contribution in [1.29, 1.82) is 0 Å². The van der Waals surface area contributed by atoms with Gasteiger partial charge < -0.3 is 10.2 Å². The molecule has 0 unspecified atom stereocenters. The smallest absolute Gasteiger partial charge is 0.336 e. The molecule has 0 aliphatic carbocycles. The number of carboxylic acids is 2. The Morgan fingerprint density at radius 3 is 2.04 bits per heavy atom. The quantitative estimate of drug-likeness (QED) is 0.479. The number of benzene rings is 3. The highest BCUT2D eigenvalue weighted by atomic mass is 35.5. The van der Waals surface area contributed by atoms with Crippen LogP contribution in [0.3, 0.4) is 0 Å². The van der Waals surface area contributed by atoms with Crippen molar-refractivity contribution < 1.29 is 19.8 Å². The SMILES string of the molecule is Cc1c(C(=O)O)cc(Sc2cc(Cl)cc(Cl)c2)c(-c2ccccc2)c1C(=O)O. The van der Waals surface area contributed by atoms with Crippen LogP contribution in [0.5, 0.6) is 0 Å². The van der Waals surface area contributed by atoms with Crippen LogP contribution in [-0.2, 0) is 0 Å². The van der Waals surface area contributed by atoms with E-state index < -0.39 is 11.9 Å². The average Bonchev–Trinajstić information content (AvgIpc) is 2.62. The summed E-state index contributed by atoms with van der Waals surface area (Å²) in [5.41, 5.74) is 1.23. The standard InChI is InChI=1S/C21H14Cl2O4S/c1-11-16(20(24)25)10-17(28-15-8-13(22)7-14(23)9-15)19(18(11)21(26)27)12-5-3-2-4-6-12/h2-10H,1H3,(H,24,25)(H,26,27). The first-order valence-corrected chi connectivity index (χ1v) is 9.68. The third-order valence-corrected chi connectivity index (χ3v) is 5.57. The van der Waals surface area contributed by atoms with Crippen LogP contribution in [0.2, 0.25) is 10.0 Å². The first kappa shape index (κ1) is 20.3. The minimum Gasteiger partial charge on any atom is -0.478 e. The van der Waals surface area contributed by atoms with E-state index in [9.17, 15) is 19.8 Å². The van der Waals surface area contributed by atoms with Crippen molar-refractivity contribution >= 4 is 46.9 Å². The molecule has 0 fully saturated rings. The normalized spacial score (nSPS) is 10.7. The highest BCUT2D eigenvalue weighted by molar-refractivity contribution is 7.99. The van der Waals surface area contributed by atoms with Gasteiger partial charge in [-0.2, -0.15) is 0 Å². The summed E-state index contributed by atoms with van der Waals surface area (Å²) in [6.07, 6.45) is 0. The van der Waals surface area contributed by atoms with Gasteiger partial charge in [0.2, 0.25) is 0 Å². The molecule has 0 saturated carbocycles. The van der Waals surface area contributed by atoms with Crippen LogP contribution < -0.4 is 0 Å². The van der Waals surface area contributed by atoms with E-state index in [0.29, 0.717) is 31.0 Å². The molecule has 3 aromatic rings. The second-order valence-electron chi connectivity index (χ2n) is 5.98. The molecular weight excluding hydrogens is 419 g/mol. The predicted molar refractivity (Wildman–Crippen MR) is 111 cm³/mol. The largest absolute Gasteiger partial charge is 0.478 e. The topological polar surface area (TPSA) is 74.6 Å². The molecule has 0 atom stereocenters. The van der Waals surface area contributed by atoms with Crippen LogP contribution in [0.4, 0.5) is 0 Å². The molecule has 0 bridgehead atoms. The van der Waals surface area contributed by atoms with Crippen LogP contribution in [0.1, 0.15) is 26.3 Å². The minimum absolute atomic E-state index is 0.0401. The van der Waals surface area contributed by atoms with E-state index in [1.54, 1.807) is 42.5 Å². The zero-order valence-corrected chi connectivity index (χ0v) is 16.9. The number of hydrogen-bond donors (Lipinski definition) is 2. The van der Waals surface area contributed by atoms with E-state index in [2.05, 4.69) is 0 Å². The summed E-state index contributed by atoms with van der Waals surface area (Å²) in [6.45, 7) is 1.50. The first-order valence-electron chi connectivity index (χ1n) is 8.11. The predicted octanol–water partition coefficient (Wildman–Crippen LogP) is 6.52. The number of rotatable bonds is 5. The Hall–Kier alpha value is -2.47. The Balaban J connectivity index is 2.32. The van der Waals surface area contributed by atoms with Crippen molar-refractivity contribution in [3.63, 3.8) is 0 Å². The van der Waals surface area contributed by atoms with Crippen molar-refractivity contribution in [3.05, 3.63) is 81.3 Å². The minimum atomic E-state index is -1.19. The van der Waals surface area contributed by atoms with Crippen LogP contribution >= 0.6 is 35.0 Å². The molecule has 142 valence electrons. The van der Waals surface area contributed by atoms with E-state index in [4.69, 9.17) is 23.2 Å². The summed E-state index contributed by atoms with van der Waals surface area (Å²) in [5, 5.41) is 20.3. The Morgan fingerprint density at radius 1 is 0.893 bits per heavy atom. The van der Waals surface area contributed by atoms with Gasteiger partial charge in [0.05, 0.1) is 11.1 Å². The number of carboxylic acid groups (broad SMARTS) is 2. The zero-order chi connectivity index (χ0) is 20.4. The van der Waals surface area contributed by atoms with Gasteiger partial charge in [0, 0.05) is 25.4 Å². The monoisotopic (exact) mass is 432 g/mol.